The van der Waals surface area contributed by atoms with E-state index in [0.717, 1.165) is 22.8 Å². The molecule has 7 heteroatoms. The van der Waals surface area contributed by atoms with Crippen molar-refractivity contribution in [1.29, 1.82) is 0 Å². The summed E-state index contributed by atoms with van der Waals surface area (Å²) < 4.78 is 8.79. The Morgan fingerprint density at radius 1 is 1.10 bits per heavy atom. The highest BCUT2D eigenvalue weighted by Crippen LogP contribution is 2.25. The number of carbonyl (C=O) groups is 1. The van der Waals surface area contributed by atoms with E-state index in [0.29, 0.717) is 21.6 Å². The number of thioether (sulfide) groups is 1. The number of hydrogen-bond acceptors (Lipinski definition) is 5. The Morgan fingerprint density at radius 2 is 1.81 bits per heavy atom. The molecule has 0 N–H and O–H groups in total. The first-order valence-corrected chi connectivity index (χ1v) is 10.8. The highest BCUT2D eigenvalue weighted by molar-refractivity contribution is 7.99. The first-order chi connectivity index (χ1) is 14.9. The Labute approximate surface area is 184 Å². The maximum Gasteiger partial charge on any atom is 0.261 e. The number of para-hydroxylation sites is 1. The molecule has 0 bridgehead atoms. The van der Waals surface area contributed by atoms with E-state index < -0.39 is 0 Å². The van der Waals surface area contributed by atoms with Crippen molar-refractivity contribution in [3.63, 3.8) is 0 Å². The molecule has 0 aliphatic rings. The van der Waals surface area contributed by atoms with Gasteiger partial charge in [0.25, 0.3) is 5.56 Å². The fourth-order valence-corrected chi connectivity index (χ4v) is 4.56. The molecule has 0 aliphatic carbocycles. The van der Waals surface area contributed by atoms with Gasteiger partial charge in [0.15, 0.2) is 10.9 Å². The summed E-state index contributed by atoms with van der Waals surface area (Å²) in [6, 6.07) is 16.9. The largest absolute Gasteiger partial charge is 0.497 e. The Hall–Kier alpha value is -3.32. The van der Waals surface area contributed by atoms with Gasteiger partial charge < -0.3 is 9.30 Å². The number of nitrogens with zero attached hydrogens (tertiary/aromatic N) is 3. The maximum atomic E-state index is 13.0. The van der Waals surface area contributed by atoms with Crippen LogP contribution in [0.1, 0.15) is 21.7 Å². The van der Waals surface area contributed by atoms with Gasteiger partial charge in [-0.2, -0.15) is 0 Å². The van der Waals surface area contributed by atoms with Gasteiger partial charge in [-0.3, -0.25) is 14.2 Å². The molecule has 0 unspecified atom stereocenters. The Kier molecular flexibility index (Phi) is 5.69. The summed E-state index contributed by atoms with van der Waals surface area (Å²) in [7, 11) is 3.32. The van der Waals surface area contributed by atoms with Crippen LogP contribution in [-0.2, 0) is 7.05 Å². The predicted octanol–water partition coefficient (Wildman–Crippen LogP) is 4.32. The van der Waals surface area contributed by atoms with Gasteiger partial charge in [0.1, 0.15) is 5.75 Å². The lowest BCUT2D eigenvalue weighted by Gasteiger charge is -2.11. The highest BCUT2D eigenvalue weighted by Gasteiger charge is 2.18. The zero-order chi connectivity index (χ0) is 22.1. The van der Waals surface area contributed by atoms with Gasteiger partial charge in [0, 0.05) is 29.7 Å². The third-order valence-electron chi connectivity index (χ3n) is 5.34. The third-order valence-corrected chi connectivity index (χ3v) is 6.37. The second-order valence-electron chi connectivity index (χ2n) is 7.31. The van der Waals surface area contributed by atoms with Crippen molar-refractivity contribution < 1.29 is 9.53 Å². The Bertz CT molecular complexity index is 1340. The molecule has 31 heavy (non-hydrogen) atoms. The smallest absolute Gasteiger partial charge is 0.261 e. The molecule has 0 fully saturated rings. The van der Waals surface area contributed by atoms with E-state index in [2.05, 4.69) is 9.55 Å². The molecule has 0 atom stereocenters. The lowest BCUT2D eigenvalue weighted by Crippen LogP contribution is -2.20. The predicted molar refractivity (Wildman–Crippen MR) is 124 cm³/mol. The molecule has 0 spiro atoms. The number of fused-ring (bicyclic) bond motifs is 1. The lowest BCUT2D eigenvalue weighted by molar-refractivity contribution is 0.102. The average Bonchev–Trinajstić information content (AvgIpc) is 3.09. The summed E-state index contributed by atoms with van der Waals surface area (Å²) >= 11 is 1.28. The molecule has 6 nitrogen and oxygen atoms in total. The first-order valence-electron chi connectivity index (χ1n) is 9.86. The van der Waals surface area contributed by atoms with E-state index in [1.54, 1.807) is 20.2 Å². The molecular weight excluding hydrogens is 410 g/mol. The van der Waals surface area contributed by atoms with Gasteiger partial charge in [0.05, 0.1) is 23.8 Å². The van der Waals surface area contributed by atoms with Crippen LogP contribution >= 0.6 is 11.8 Å². The number of aromatic nitrogens is 3. The van der Waals surface area contributed by atoms with Gasteiger partial charge in [-0.15, -0.1) is 0 Å². The molecule has 4 rings (SSSR count). The van der Waals surface area contributed by atoms with E-state index >= 15 is 0 Å². The maximum absolute atomic E-state index is 13.0. The number of ketones is 1. The molecule has 0 saturated heterocycles. The molecule has 158 valence electrons. The first kappa shape index (κ1) is 20.9. The van der Waals surface area contributed by atoms with E-state index in [9.17, 15) is 9.59 Å². The van der Waals surface area contributed by atoms with Crippen LogP contribution in [0.3, 0.4) is 0 Å². The minimum absolute atomic E-state index is 0.000249. The fraction of sp³-hybridized carbons (Fsp3) is 0.208. The topological polar surface area (TPSA) is 66.1 Å². The number of Topliss-reactive ketones (excluding diaryl/α,β-unsaturated/α-hetero) is 1. The minimum atomic E-state index is -0.113. The van der Waals surface area contributed by atoms with Crippen LogP contribution in [0.4, 0.5) is 0 Å². The second-order valence-corrected chi connectivity index (χ2v) is 8.25. The molecule has 2 aromatic heterocycles. The number of hydrogen-bond donors (Lipinski definition) is 0. The van der Waals surface area contributed by atoms with Crippen molar-refractivity contribution in [3.05, 3.63) is 81.9 Å². The van der Waals surface area contributed by atoms with Crippen LogP contribution < -0.4 is 10.3 Å². The van der Waals surface area contributed by atoms with Gasteiger partial charge in [-0.05, 0) is 56.3 Å². The number of rotatable bonds is 6. The van der Waals surface area contributed by atoms with Crippen LogP contribution in [-0.4, -0.2) is 32.8 Å². The fourth-order valence-electron chi connectivity index (χ4n) is 3.71. The molecule has 0 aliphatic heterocycles. The monoisotopic (exact) mass is 433 g/mol. The van der Waals surface area contributed by atoms with Crippen molar-refractivity contribution in [3.8, 4) is 11.4 Å². The second kappa shape index (κ2) is 8.43. The average molecular weight is 434 g/mol. The summed E-state index contributed by atoms with van der Waals surface area (Å²) in [4.78, 5) is 30.2. The van der Waals surface area contributed by atoms with Gasteiger partial charge in [0.2, 0.25) is 0 Å². The van der Waals surface area contributed by atoms with E-state index in [-0.39, 0.29) is 17.1 Å². The number of ether oxygens (including phenoxy) is 1. The summed E-state index contributed by atoms with van der Waals surface area (Å²) in [5.74, 6) is 0.985. The third kappa shape index (κ3) is 3.88. The molecular formula is C24H23N3O3S. The standard InChI is InChI=1S/C24H23N3O3S/c1-15-13-20(16(2)27(15)17-9-11-18(30-4)12-10-17)22(28)14-31-24-25-21-8-6-5-7-19(21)23(29)26(24)3/h5-13H,14H2,1-4H3. The normalized spacial score (nSPS) is 11.1. The molecule has 2 aromatic carbocycles. The summed E-state index contributed by atoms with van der Waals surface area (Å²) in [5, 5.41) is 1.10. The van der Waals surface area contributed by atoms with Gasteiger partial charge in [-0.1, -0.05) is 23.9 Å². The van der Waals surface area contributed by atoms with Crippen LogP contribution in [0.25, 0.3) is 16.6 Å². The van der Waals surface area contributed by atoms with Gasteiger partial charge >= 0.3 is 0 Å². The van der Waals surface area contributed by atoms with Crippen molar-refractivity contribution in [2.24, 2.45) is 7.05 Å². The van der Waals surface area contributed by atoms with Crippen molar-refractivity contribution in [2.45, 2.75) is 19.0 Å². The van der Waals surface area contributed by atoms with Crippen LogP contribution in [0.5, 0.6) is 5.75 Å². The van der Waals surface area contributed by atoms with Crippen LogP contribution in [0, 0.1) is 13.8 Å². The summed E-state index contributed by atoms with van der Waals surface area (Å²) in [5.41, 5.74) is 4.03. The summed E-state index contributed by atoms with van der Waals surface area (Å²) in [6.07, 6.45) is 0. The molecule has 4 aromatic rings. The van der Waals surface area contributed by atoms with Crippen LogP contribution in [0.15, 0.2) is 64.5 Å². The van der Waals surface area contributed by atoms with Gasteiger partial charge in [-0.25, -0.2) is 4.98 Å². The summed E-state index contributed by atoms with van der Waals surface area (Å²) in [6.45, 7) is 3.93. The Morgan fingerprint density at radius 3 is 2.52 bits per heavy atom. The number of carbonyl (C=O) groups excluding carboxylic acids is 1. The SMILES string of the molecule is COc1ccc(-n2c(C)cc(C(=O)CSc3nc4ccccc4c(=O)n3C)c2C)cc1. The van der Waals surface area contributed by atoms with E-state index in [1.165, 1.54) is 16.3 Å². The van der Waals surface area contributed by atoms with Crippen molar-refractivity contribution >= 4 is 28.4 Å². The number of methoxy groups -OCH3 is 1. The number of benzene rings is 2. The van der Waals surface area contributed by atoms with Crippen LogP contribution in [0.2, 0.25) is 0 Å². The van der Waals surface area contributed by atoms with Crippen molar-refractivity contribution in [1.82, 2.24) is 14.1 Å². The lowest BCUT2D eigenvalue weighted by atomic mass is 10.2. The van der Waals surface area contributed by atoms with E-state index in [1.807, 2.05) is 62.4 Å². The number of aryl methyl sites for hydroxylation is 1. The molecule has 0 amide bonds. The van der Waals surface area contributed by atoms with E-state index in [4.69, 9.17) is 4.74 Å². The Balaban J connectivity index is 1.59. The molecule has 0 radical (unpaired) electrons. The molecule has 0 saturated carbocycles. The zero-order valence-electron chi connectivity index (χ0n) is 17.9. The zero-order valence-corrected chi connectivity index (χ0v) is 18.7. The van der Waals surface area contributed by atoms with Crippen molar-refractivity contribution in [2.75, 3.05) is 12.9 Å². The quantitative estimate of drug-likeness (QED) is 0.257. The highest BCUT2D eigenvalue weighted by atomic mass is 32.2. The minimum Gasteiger partial charge on any atom is -0.497 e. The molecule has 2 heterocycles.